The van der Waals surface area contributed by atoms with Crippen LogP contribution in [-0.4, -0.2) is 36.7 Å². The summed E-state index contributed by atoms with van der Waals surface area (Å²) in [5, 5.41) is 2.59. The third kappa shape index (κ3) is 4.92. The van der Waals surface area contributed by atoms with Crippen LogP contribution in [0.3, 0.4) is 0 Å². The third-order valence-electron chi connectivity index (χ3n) is 5.01. The van der Waals surface area contributed by atoms with Crippen LogP contribution in [0.25, 0.3) is 0 Å². The monoisotopic (exact) mass is 408 g/mol. The van der Waals surface area contributed by atoms with Gasteiger partial charge in [-0.25, -0.2) is 0 Å². The van der Waals surface area contributed by atoms with Crippen LogP contribution in [0.2, 0.25) is 0 Å². The number of Topliss-reactive ketones (excluding diaryl/α,β-unsaturated/α-hetero) is 1. The highest BCUT2D eigenvalue weighted by Gasteiger charge is 2.36. The lowest BCUT2D eigenvalue weighted by molar-refractivity contribution is -0.151. The van der Waals surface area contributed by atoms with Crippen molar-refractivity contribution in [1.29, 1.82) is 0 Å². The Balaban J connectivity index is 1.56. The number of carbonyl (C=O) groups is 4. The van der Waals surface area contributed by atoms with E-state index in [1.165, 1.54) is 6.92 Å². The van der Waals surface area contributed by atoms with Gasteiger partial charge in [-0.2, -0.15) is 0 Å². The minimum absolute atomic E-state index is 0.0501. The maximum absolute atomic E-state index is 12.4. The van der Waals surface area contributed by atoms with Crippen LogP contribution >= 0.6 is 0 Å². The van der Waals surface area contributed by atoms with Gasteiger partial charge in [0.1, 0.15) is 0 Å². The maximum Gasteiger partial charge on any atom is 0.311 e. The average Bonchev–Trinajstić information content (AvgIpc) is 3.09. The second kappa shape index (κ2) is 8.90. The highest BCUT2D eigenvalue weighted by Crippen LogP contribution is 2.29. The summed E-state index contributed by atoms with van der Waals surface area (Å²) in [6.45, 7) is 5.06. The van der Waals surface area contributed by atoms with Crippen molar-refractivity contribution in [2.45, 2.75) is 27.2 Å². The van der Waals surface area contributed by atoms with Gasteiger partial charge in [-0.3, -0.25) is 19.2 Å². The zero-order valence-corrected chi connectivity index (χ0v) is 17.2. The number of ether oxygens (including phenoxy) is 1. The predicted octanol–water partition coefficient (Wildman–Crippen LogP) is 3.04. The number of anilines is 2. The van der Waals surface area contributed by atoms with Gasteiger partial charge in [0.05, 0.1) is 5.92 Å². The minimum Gasteiger partial charge on any atom is -0.455 e. The lowest BCUT2D eigenvalue weighted by Crippen LogP contribution is -2.28. The fraction of sp³-hybridized carbons (Fsp3) is 0.304. The number of hydrogen-bond donors (Lipinski definition) is 1. The van der Waals surface area contributed by atoms with Gasteiger partial charge in [0.15, 0.2) is 12.4 Å². The van der Waals surface area contributed by atoms with E-state index in [-0.39, 0.29) is 24.7 Å². The largest absolute Gasteiger partial charge is 0.455 e. The Bertz CT molecular complexity index is 1010. The van der Waals surface area contributed by atoms with Crippen molar-refractivity contribution in [3.8, 4) is 0 Å². The summed E-state index contributed by atoms with van der Waals surface area (Å²) in [6.07, 6.45) is 0.0501. The molecule has 3 rings (SSSR count). The number of nitrogens with one attached hydrogen (secondary N) is 1. The Hall–Kier alpha value is -3.48. The number of benzene rings is 2. The number of amides is 2. The summed E-state index contributed by atoms with van der Waals surface area (Å²) in [5.41, 5.74) is 3.69. The lowest BCUT2D eigenvalue weighted by atomic mass is 10.1. The standard InChI is InChI=1S/C23H24N2O5/c1-14-7-8-15(2)20(9-14)25-12-18(11-22(25)28)23(29)30-13-21(27)24-19-6-4-5-17(10-19)16(3)26/h4-10,18H,11-13H2,1-3H3,(H,24,27)/t18-/m0/s1. The number of aryl methyl sites for hydroxylation is 2. The molecule has 1 fully saturated rings. The van der Waals surface area contributed by atoms with E-state index in [1.54, 1.807) is 29.2 Å². The molecular weight excluding hydrogens is 384 g/mol. The van der Waals surface area contributed by atoms with Gasteiger partial charge in [0.25, 0.3) is 5.91 Å². The smallest absolute Gasteiger partial charge is 0.311 e. The Morgan fingerprint density at radius 2 is 1.90 bits per heavy atom. The number of carbonyl (C=O) groups excluding carboxylic acids is 4. The quantitative estimate of drug-likeness (QED) is 0.586. The van der Waals surface area contributed by atoms with Gasteiger partial charge < -0.3 is 15.0 Å². The van der Waals surface area contributed by atoms with Gasteiger partial charge in [0, 0.05) is 29.9 Å². The first-order valence-corrected chi connectivity index (χ1v) is 9.69. The minimum atomic E-state index is -0.619. The third-order valence-corrected chi connectivity index (χ3v) is 5.01. The summed E-state index contributed by atoms with van der Waals surface area (Å²) < 4.78 is 5.13. The highest BCUT2D eigenvalue weighted by atomic mass is 16.5. The Labute approximate surface area is 175 Å². The van der Waals surface area contributed by atoms with Crippen molar-refractivity contribution in [2.75, 3.05) is 23.4 Å². The molecule has 1 saturated heterocycles. The summed E-state index contributed by atoms with van der Waals surface area (Å²) >= 11 is 0. The van der Waals surface area contributed by atoms with E-state index in [1.807, 2.05) is 32.0 Å². The molecule has 0 radical (unpaired) electrons. The molecule has 1 N–H and O–H groups in total. The molecule has 1 aliphatic rings. The number of esters is 1. The van der Waals surface area contributed by atoms with E-state index in [0.29, 0.717) is 11.3 Å². The summed E-state index contributed by atoms with van der Waals surface area (Å²) in [6, 6.07) is 12.3. The number of hydrogen-bond acceptors (Lipinski definition) is 5. The van der Waals surface area contributed by atoms with Crippen molar-refractivity contribution >= 4 is 34.9 Å². The van der Waals surface area contributed by atoms with E-state index in [0.717, 1.165) is 16.8 Å². The molecule has 156 valence electrons. The fourth-order valence-electron chi connectivity index (χ4n) is 3.38. The molecule has 2 aromatic carbocycles. The Morgan fingerprint density at radius 1 is 1.13 bits per heavy atom. The van der Waals surface area contributed by atoms with Crippen molar-refractivity contribution in [2.24, 2.45) is 5.92 Å². The van der Waals surface area contributed by atoms with Crippen LogP contribution < -0.4 is 10.2 Å². The van der Waals surface area contributed by atoms with Crippen LogP contribution in [0.1, 0.15) is 34.8 Å². The molecule has 7 heteroatoms. The Kier molecular flexibility index (Phi) is 6.30. The molecule has 7 nitrogen and oxygen atoms in total. The van der Waals surface area contributed by atoms with Crippen molar-refractivity contribution in [1.82, 2.24) is 0 Å². The molecule has 30 heavy (non-hydrogen) atoms. The van der Waals surface area contributed by atoms with Crippen LogP contribution in [0.4, 0.5) is 11.4 Å². The molecule has 0 unspecified atom stereocenters. The fourth-order valence-corrected chi connectivity index (χ4v) is 3.38. The van der Waals surface area contributed by atoms with Crippen molar-refractivity contribution in [3.63, 3.8) is 0 Å². The van der Waals surface area contributed by atoms with Gasteiger partial charge in [0.2, 0.25) is 5.91 Å². The molecule has 2 aromatic rings. The zero-order chi connectivity index (χ0) is 21.8. The SMILES string of the molecule is CC(=O)c1cccc(NC(=O)COC(=O)[C@H]2CC(=O)N(c3cc(C)ccc3C)C2)c1. The second-order valence-electron chi connectivity index (χ2n) is 7.49. The van der Waals surface area contributed by atoms with Crippen LogP contribution in [0.5, 0.6) is 0 Å². The zero-order valence-electron chi connectivity index (χ0n) is 17.2. The van der Waals surface area contributed by atoms with Crippen molar-refractivity contribution in [3.05, 3.63) is 59.2 Å². The summed E-state index contributed by atoms with van der Waals surface area (Å²) in [5.74, 6) is -1.97. The molecule has 1 atom stereocenters. The summed E-state index contributed by atoms with van der Waals surface area (Å²) in [7, 11) is 0. The molecule has 1 heterocycles. The van der Waals surface area contributed by atoms with E-state index in [9.17, 15) is 19.2 Å². The van der Waals surface area contributed by atoms with E-state index in [2.05, 4.69) is 5.32 Å². The van der Waals surface area contributed by atoms with Crippen LogP contribution in [0, 0.1) is 19.8 Å². The number of rotatable bonds is 6. The molecule has 0 spiro atoms. The maximum atomic E-state index is 12.4. The molecule has 1 aliphatic heterocycles. The van der Waals surface area contributed by atoms with Gasteiger partial charge in [-0.05, 0) is 50.1 Å². The number of nitrogens with zero attached hydrogens (tertiary/aromatic N) is 1. The normalized spacial score (nSPS) is 15.8. The first-order chi connectivity index (χ1) is 14.2. The molecule has 2 amide bonds. The lowest BCUT2D eigenvalue weighted by Gasteiger charge is -2.19. The predicted molar refractivity (Wildman–Crippen MR) is 112 cm³/mol. The van der Waals surface area contributed by atoms with Gasteiger partial charge in [-0.15, -0.1) is 0 Å². The highest BCUT2D eigenvalue weighted by molar-refractivity contribution is 6.01. The van der Waals surface area contributed by atoms with Gasteiger partial charge in [-0.1, -0.05) is 24.3 Å². The Morgan fingerprint density at radius 3 is 2.63 bits per heavy atom. The molecule has 0 aliphatic carbocycles. The average molecular weight is 408 g/mol. The summed E-state index contributed by atoms with van der Waals surface area (Å²) in [4.78, 5) is 49.9. The number of ketones is 1. The first-order valence-electron chi connectivity index (χ1n) is 9.69. The van der Waals surface area contributed by atoms with E-state index < -0.39 is 24.4 Å². The van der Waals surface area contributed by atoms with Crippen LogP contribution in [0.15, 0.2) is 42.5 Å². The van der Waals surface area contributed by atoms with Gasteiger partial charge >= 0.3 is 5.97 Å². The second-order valence-corrected chi connectivity index (χ2v) is 7.49. The van der Waals surface area contributed by atoms with Crippen LogP contribution in [-0.2, 0) is 19.1 Å². The molecule has 0 bridgehead atoms. The van der Waals surface area contributed by atoms with E-state index in [4.69, 9.17) is 4.74 Å². The van der Waals surface area contributed by atoms with Crippen molar-refractivity contribution < 1.29 is 23.9 Å². The molecular formula is C23H24N2O5. The topological polar surface area (TPSA) is 92.8 Å². The molecule has 0 saturated carbocycles. The van der Waals surface area contributed by atoms with E-state index >= 15 is 0 Å². The molecule has 0 aromatic heterocycles. The first kappa shape index (κ1) is 21.2.